The average Bonchev–Trinajstić information content (AvgIpc) is 2.04. The van der Waals surface area contributed by atoms with Gasteiger partial charge >= 0.3 is 0 Å². The van der Waals surface area contributed by atoms with Crippen LogP contribution in [0.4, 0.5) is 0 Å². The second-order valence-corrected chi connectivity index (χ2v) is 4.27. The van der Waals surface area contributed by atoms with Crippen LogP contribution in [-0.2, 0) is 11.1 Å². The third kappa shape index (κ3) is 2.23. The maximum absolute atomic E-state index is 10.6. The molecule has 0 spiro atoms. The van der Waals surface area contributed by atoms with Crippen LogP contribution in [0.1, 0.15) is 0 Å². The van der Waals surface area contributed by atoms with Crippen molar-refractivity contribution in [2.24, 2.45) is 0 Å². The molecule has 0 amide bonds. The zero-order valence-electron chi connectivity index (χ0n) is 6.28. The van der Waals surface area contributed by atoms with Gasteiger partial charge < -0.3 is 4.55 Å². The molecule has 0 saturated heterocycles. The first-order valence-corrected chi connectivity index (χ1v) is 5.80. The predicted molar refractivity (Wildman–Crippen MR) is 52.3 cm³/mol. The van der Waals surface area contributed by atoms with E-state index in [1.807, 2.05) is 6.26 Å². The summed E-state index contributed by atoms with van der Waals surface area (Å²) >= 11 is 5.37. The summed E-state index contributed by atoms with van der Waals surface area (Å²) < 4.78 is 19.3. The molecule has 5 heteroatoms. The van der Waals surface area contributed by atoms with Gasteiger partial charge in [-0.1, -0.05) is 11.6 Å². The van der Waals surface area contributed by atoms with E-state index >= 15 is 0 Å². The lowest BCUT2D eigenvalue weighted by atomic mass is 10.4. The van der Waals surface area contributed by atoms with E-state index in [9.17, 15) is 4.21 Å². The summed E-state index contributed by atoms with van der Waals surface area (Å²) in [7, 11) is 0. The van der Waals surface area contributed by atoms with Crippen LogP contribution in [-0.4, -0.2) is 15.0 Å². The number of benzene rings is 1. The van der Waals surface area contributed by atoms with E-state index < -0.39 is 11.1 Å². The van der Waals surface area contributed by atoms with Crippen molar-refractivity contribution >= 4 is 34.4 Å². The lowest BCUT2D eigenvalue weighted by molar-refractivity contribution is 0.564. The van der Waals surface area contributed by atoms with Gasteiger partial charge in [0.15, 0.2) is 11.1 Å². The fourth-order valence-corrected chi connectivity index (χ4v) is 2.09. The van der Waals surface area contributed by atoms with Gasteiger partial charge in [0.25, 0.3) is 0 Å². The Bertz CT molecular complexity index is 314. The quantitative estimate of drug-likeness (QED) is 0.618. The van der Waals surface area contributed by atoms with Gasteiger partial charge in [-0.05, 0) is 24.5 Å². The van der Waals surface area contributed by atoms with Gasteiger partial charge in [0.05, 0.1) is 9.92 Å². The fourth-order valence-electron chi connectivity index (χ4n) is 0.756. The van der Waals surface area contributed by atoms with Gasteiger partial charge in [-0.3, -0.25) is 0 Å². The lowest BCUT2D eigenvalue weighted by Crippen LogP contribution is -1.87. The molecule has 0 aliphatic heterocycles. The Morgan fingerprint density at radius 1 is 1.58 bits per heavy atom. The van der Waals surface area contributed by atoms with Crippen LogP contribution in [0.25, 0.3) is 0 Å². The van der Waals surface area contributed by atoms with Crippen molar-refractivity contribution < 1.29 is 8.76 Å². The minimum absolute atomic E-state index is 0.331. The van der Waals surface area contributed by atoms with E-state index in [4.69, 9.17) is 16.2 Å². The number of thioether (sulfide) groups is 1. The Morgan fingerprint density at radius 2 is 2.25 bits per heavy atom. The first-order chi connectivity index (χ1) is 5.65. The second-order valence-electron chi connectivity index (χ2n) is 2.05. The third-order valence-corrected chi connectivity index (χ3v) is 3.20. The number of hydrogen-bond acceptors (Lipinski definition) is 2. The van der Waals surface area contributed by atoms with Gasteiger partial charge in [0.2, 0.25) is 0 Å². The van der Waals surface area contributed by atoms with E-state index in [1.165, 1.54) is 17.8 Å². The van der Waals surface area contributed by atoms with Crippen LogP contribution in [0.15, 0.2) is 28.0 Å². The van der Waals surface area contributed by atoms with Crippen LogP contribution in [0.2, 0.25) is 5.02 Å². The van der Waals surface area contributed by atoms with Gasteiger partial charge in [-0.15, -0.1) is 11.8 Å². The molecule has 1 atom stereocenters. The molecular formula is C7H7ClO2S2. The molecule has 1 unspecified atom stereocenters. The van der Waals surface area contributed by atoms with Crippen LogP contribution in [0.3, 0.4) is 0 Å². The van der Waals surface area contributed by atoms with Gasteiger partial charge in [-0.25, -0.2) is 4.21 Å². The highest BCUT2D eigenvalue weighted by atomic mass is 35.5. The maximum atomic E-state index is 10.6. The summed E-state index contributed by atoms with van der Waals surface area (Å²) in [6.45, 7) is 0. The van der Waals surface area contributed by atoms with Crippen LogP contribution >= 0.6 is 23.4 Å². The first-order valence-electron chi connectivity index (χ1n) is 3.09. The van der Waals surface area contributed by atoms with Crippen LogP contribution in [0, 0.1) is 0 Å². The molecule has 1 rings (SSSR count). The molecule has 0 aliphatic rings. The number of rotatable bonds is 2. The van der Waals surface area contributed by atoms with E-state index in [-0.39, 0.29) is 0 Å². The molecule has 66 valence electrons. The highest BCUT2D eigenvalue weighted by Crippen LogP contribution is 2.26. The normalized spacial score (nSPS) is 12.9. The Kier molecular flexibility index (Phi) is 3.58. The average molecular weight is 223 g/mol. The summed E-state index contributed by atoms with van der Waals surface area (Å²) in [4.78, 5) is 1.24. The largest absolute Gasteiger partial charge is 0.302 e. The molecule has 1 aromatic rings. The zero-order chi connectivity index (χ0) is 9.14. The molecule has 1 aromatic carbocycles. The van der Waals surface area contributed by atoms with Crippen LogP contribution < -0.4 is 0 Å². The summed E-state index contributed by atoms with van der Waals surface area (Å²) in [6, 6.07) is 4.83. The molecule has 0 saturated carbocycles. The minimum atomic E-state index is -1.94. The van der Waals surface area contributed by atoms with Gasteiger partial charge in [0.1, 0.15) is 0 Å². The SMILES string of the molecule is CSc1ccc(S(=O)O)cc1Cl. The van der Waals surface area contributed by atoms with Crippen molar-refractivity contribution in [1.29, 1.82) is 0 Å². The van der Waals surface area contributed by atoms with Crippen molar-refractivity contribution in [3.05, 3.63) is 23.2 Å². The summed E-state index contributed by atoms with van der Waals surface area (Å²) in [5, 5.41) is 0.516. The summed E-state index contributed by atoms with van der Waals surface area (Å²) in [6.07, 6.45) is 1.90. The molecular weight excluding hydrogens is 216 g/mol. The monoisotopic (exact) mass is 222 g/mol. The van der Waals surface area contributed by atoms with Crippen molar-refractivity contribution in [2.45, 2.75) is 9.79 Å². The van der Waals surface area contributed by atoms with E-state index in [1.54, 1.807) is 12.1 Å². The maximum Gasteiger partial charge on any atom is 0.186 e. The van der Waals surface area contributed by atoms with Crippen molar-refractivity contribution in [3.63, 3.8) is 0 Å². The van der Waals surface area contributed by atoms with Gasteiger partial charge in [-0.2, -0.15) is 0 Å². The Labute approximate surface area is 82.6 Å². The summed E-state index contributed by atoms with van der Waals surface area (Å²) in [5.74, 6) is 0. The van der Waals surface area contributed by atoms with Gasteiger partial charge in [0, 0.05) is 4.90 Å². The zero-order valence-corrected chi connectivity index (χ0v) is 8.67. The minimum Gasteiger partial charge on any atom is -0.302 e. The molecule has 0 heterocycles. The van der Waals surface area contributed by atoms with Crippen molar-refractivity contribution in [2.75, 3.05) is 6.26 Å². The molecule has 0 radical (unpaired) electrons. The van der Waals surface area contributed by atoms with Crippen molar-refractivity contribution in [3.8, 4) is 0 Å². The standard InChI is InChI=1S/C7H7ClO2S2/c1-11-7-3-2-5(12(9)10)4-6(7)8/h2-4H,1H3,(H,9,10). The second kappa shape index (κ2) is 4.28. The molecule has 2 nitrogen and oxygen atoms in total. The highest BCUT2D eigenvalue weighted by Gasteiger charge is 2.03. The van der Waals surface area contributed by atoms with Crippen molar-refractivity contribution in [1.82, 2.24) is 0 Å². The molecule has 0 fully saturated rings. The Morgan fingerprint density at radius 3 is 2.67 bits per heavy atom. The number of halogens is 1. The fraction of sp³-hybridized carbons (Fsp3) is 0.143. The van der Waals surface area contributed by atoms with Crippen LogP contribution in [0.5, 0.6) is 0 Å². The van der Waals surface area contributed by atoms with E-state index in [0.29, 0.717) is 9.92 Å². The highest BCUT2D eigenvalue weighted by molar-refractivity contribution is 7.98. The lowest BCUT2D eigenvalue weighted by Gasteiger charge is -2.00. The topological polar surface area (TPSA) is 37.3 Å². The first kappa shape index (κ1) is 10.1. The molecule has 0 bridgehead atoms. The molecule has 1 N–H and O–H groups in total. The molecule has 12 heavy (non-hydrogen) atoms. The molecule has 0 aliphatic carbocycles. The smallest absolute Gasteiger partial charge is 0.186 e. The number of hydrogen-bond donors (Lipinski definition) is 1. The van der Waals surface area contributed by atoms with E-state index in [2.05, 4.69) is 0 Å². The molecule has 0 aromatic heterocycles. The van der Waals surface area contributed by atoms with E-state index in [0.717, 1.165) is 4.90 Å². The Hall–Kier alpha value is -0.0300. The third-order valence-electron chi connectivity index (χ3n) is 1.32. The summed E-state index contributed by atoms with van der Waals surface area (Å²) in [5.41, 5.74) is 0. The predicted octanol–water partition coefficient (Wildman–Crippen LogP) is 2.64. The Balaban J connectivity index is 3.10.